The minimum atomic E-state index is -0.467. The molecule has 0 fully saturated rings. The lowest BCUT2D eigenvalue weighted by molar-refractivity contribution is -0.119. The molecule has 92 valence electrons. The number of aliphatic hydroxyl groups is 1. The van der Waals surface area contributed by atoms with Crippen LogP contribution in [0.3, 0.4) is 0 Å². The summed E-state index contributed by atoms with van der Waals surface area (Å²) in [4.78, 5) is 13.7. The summed E-state index contributed by atoms with van der Waals surface area (Å²) in [5, 5.41) is 9.93. The Morgan fingerprint density at radius 2 is 2.00 bits per heavy atom. The van der Waals surface area contributed by atoms with Crippen LogP contribution in [0.25, 0.3) is 0 Å². The van der Waals surface area contributed by atoms with Gasteiger partial charge in [0.1, 0.15) is 0 Å². The van der Waals surface area contributed by atoms with Crippen molar-refractivity contribution < 1.29 is 9.90 Å². The lowest BCUT2D eigenvalue weighted by Crippen LogP contribution is -2.42. The second-order valence-electron chi connectivity index (χ2n) is 4.94. The number of benzene rings is 1. The number of fused-ring (bicyclic) bond motifs is 1. The van der Waals surface area contributed by atoms with E-state index in [9.17, 15) is 9.90 Å². The van der Waals surface area contributed by atoms with Crippen molar-refractivity contribution >= 4 is 11.6 Å². The van der Waals surface area contributed by atoms with Crippen LogP contribution in [0.15, 0.2) is 24.3 Å². The van der Waals surface area contributed by atoms with Crippen molar-refractivity contribution in [3.05, 3.63) is 29.8 Å². The molecule has 3 heteroatoms. The summed E-state index contributed by atoms with van der Waals surface area (Å²) in [5.74, 6) is 0.278. The zero-order valence-corrected chi connectivity index (χ0v) is 10.4. The molecule has 0 spiro atoms. The smallest absolute Gasteiger partial charge is 0.227 e. The van der Waals surface area contributed by atoms with Gasteiger partial charge in [-0.25, -0.2) is 0 Å². The number of anilines is 1. The molecule has 3 nitrogen and oxygen atoms in total. The number of carbonyl (C=O) groups is 1. The van der Waals surface area contributed by atoms with Gasteiger partial charge in [0.25, 0.3) is 0 Å². The molecule has 1 aliphatic heterocycles. The fraction of sp³-hybridized carbons (Fsp3) is 0.500. The summed E-state index contributed by atoms with van der Waals surface area (Å²) in [7, 11) is 0. The Bertz CT molecular complexity index is 414. The average Bonchev–Trinajstić information content (AvgIpc) is 2.32. The molecule has 1 amide bonds. The van der Waals surface area contributed by atoms with E-state index in [2.05, 4.69) is 6.07 Å². The van der Waals surface area contributed by atoms with Gasteiger partial charge >= 0.3 is 0 Å². The highest BCUT2D eigenvalue weighted by molar-refractivity contribution is 5.96. The van der Waals surface area contributed by atoms with Gasteiger partial charge in [0, 0.05) is 12.1 Å². The molecule has 2 rings (SSSR count). The number of hydrogen-bond donors (Lipinski definition) is 1. The Labute approximate surface area is 102 Å². The van der Waals surface area contributed by atoms with Crippen LogP contribution in [0.5, 0.6) is 0 Å². The third-order valence-electron chi connectivity index (χ3n) is 3.33. The number of amides is 1. The second-order valence-corrected chi connectivity index (χ2v) is 4.94. The van der Waals surface area contributed by atoms with Gasteiger partial charge in [0.05, 0.1) is 12.6 Å². The van der Waals surface area contributed by atoms with Crippen LogP contribution in [-0.2, 0) is 11.2 Å². The van der Waals surface area contributed by atoms with E-state index >= 15 is 0 Å². The number of β-amino-alcohol motifs (C(OH)–C–C–N with tert-alkyl or cyclic N) is 1. The summed E-state index contributed by atoms with van der Waals surface area (Å²) in [5.41, 5.74) is 2.16. The Hall–Kier alpha value is -1.35. The number of carbonyl (C=O) groups excluding carboxylic acids is 1. The zero-order valence-electron chi connectivity index (χ0n) is 10.4. The first-order valence-corrected chi connectivity index (χ1v) is 6.16. The minimum Gasteiger partial charge on any atom is -0.391 e. The number of para-hydroxylation sites is 1. The Morgan fingerprint density at radius 3 is 2.71 bits per heavy atom. The van der Waals surface area contributed by atoms with E-state index in [1.807, 2.05) is 32.0 Å². The predicted octanol–water partition coefficient (Wildman–Crippen LogP) is 1.98. The monoisotopic (exact) mass is 233 g/mol. The van der Waals surface area contributed by atoms with E-state index in [0.29, 0.717) is 13.0 Å². The first-order chi connectivity index (χ1) is 8.09. The molecule has 1 N–H and O–H groups in total. The van der Waals surface area contributed by atoms with E-state index in [-0.39, 0.29) is 11.8 Å². The lowest BCUT2D eigenvalue weighted by Gasteiger charge is -2.32. The quantitative estimate of drug-likeness (QED) is 0.867. The Kier molecular flexibility index (Phi) is 3.48. The largest absolute Gasteiger partial charge is 0.391 e. The Morgan fingerprint density at radius 1 is 1.29 bits per heavy atom. The molecule has 0 saturated heterocycles. The molecule has 1 aromatic rings. The van der Waals surface area contributed by atoms with Crippen molar-refractivity contribution in [2.45, 2.75) is 32.8 Å². The van der Waals surface area contributed by atoms with E-state index in [1.165, 1.54) is 5.56 Å². The first kappa shape index (κ1) is 12.1. The molecule has 17 heavy (non-hydrogen) atoms. The molecular weight excluding hydrogens is 214 g/mol. The van der Waals surface area contributed by atoms with Gasteiger partial charge in [-0.2, -0.15) is 0 Å². The third kappa shape index (κ3) is 2.50. The Balaban J connectivity index is 2.24. The van der Waals surface area contributed by atoms with E-state index in [0.717, 1.165) is 12.1 Å². The lowest BCUT2D eigenvalue weighted by atomic mass is 9.99. The minimum absolute atomic E-state index is 0.114. The number of aryl methyl sites for hydroxylation is 1. The average molecular weight is 233 g/mol. The van der Waals surface area contributed by atoms with E-state index in [1.54, 1.807) is 4.90 Å². The normalized spacial score (nSPS) is 17.2. The number of aliphatic hydroxyl groups excluding tert-OH is 1. The van der Waals surface area contributed by atoms with Gasteiger partial charge < -0.3 is 10.0 Å². The van der Waals surface area contributed by atoms with Crippen LogP contribution >= 0.6 is 0 Å². The van der Waals surface area contributed by atoms with Gasteiger partial charge in [-0.15, -0.1) is 0 Å². The highest BCUT2D eigenvalue weighted by Crippen LogP contribution is 2.27. The van der Waals surface area contributed by atoms with Gasteiger partial charge in [0.15, 0.2) is 0 Å². The van der Waals surface area contributed by atoms with Gasteiger partial charge in [-0.1, -0.05) is 32.0 Å². The number of hydrogen-bond acceptors (Lipinski definition) is 2. The first-order valence-electron chi connectivity index (χ1n) is 6.16. The molecular formula is C14H19NO2. The molecule has 1 aromatic carbocycles. The van der Waals surface area contributed by atoms with Crippen molar-refractivity contribution in [2.75, 3.05) is 11.4 Å². The van der Waals surface area contributed by atoms with Gasteiger partial charge in [0.2, 0.25) is 5.91 Å². The highest BCUT2D eigenvalue weighted by atomic mass is 16.3. The maximum atomic E-state index is 11.9. The molecule has 0 bridgehead atoms. The van der Waals surface area contributed by atoms with Crippen molar-refractivity contribution in [1.82, 2.24) is 0 Å². The van der Waals surface area contributed by atoms with Gasteiger partial charge in [-0.3, -0.25) is 4.79 Å². The third-order valence-corrected chi connectivity index (χ3v) is 3.33. The van der Waals surface area contributed by atoms with Crippen molar-refractivity contribution in [1.29, 1.82) is 0 Å². The van der Waals surface area contributed by atoms with E-state index in [4.69, 9.17) is 0 Å². The maximum absolute atomic E-state index is 11.9. The standard InChI is InChI=1S/C14H19NO2/c1-10(2)13(16)9-15-12-6-4-3-5-11(12)7-8-14(15)17/h3-6,10,13,16H,7-9H2,1-2H3. The van der Waals surface area contributed by atoms with Crippen LogP contribution in [0.4, 0.5) is 5.69 Å². The SMILES string of the molecule is CC(C)C(O)CN1C(=O)CCc2ccccc21. The predicted molar refractivity (Wildman–Crippen MR) is 68.0 cm³/mol. The summed E-state index contributed by atoms with van der Waals surface area (Å²) < 4.78 is 0. The molecule has 1 unspecified atom stereocenters. The van der Waals surface area contributed by atoms with Crippen molar-refractivity contribution in [3.8, 4) is 0 Å². The van der Waals surface area contributed by atoms with Crippen LogP contribution in [-0.4, -0.2) is 23.7 Å². The summed E-state index contributed by atoms with van der Waals surface area (Å²) >= 11 is 0. The zero-order chi connectivity index (χ0) is 12.4. The number of rotatable bonds is 3. The second kappa shape index (κ2) is 4.88. The maximum Gasteiger partial charge on any atom is 0.227 e. The van der Waals surface area contributed by atoms with Crippen LogP contribution in [0.2, 0.25) is 0 Å². The molecule has 0 aromatic heterocycles. The summed E-state index contributed by atoms with van der Waals surface area (Å²) in [6.07, 6.45) is 0.885. The van der Waals surface area contributed by atoms with Crippen LogP contribution in [0.1, 0.15) is 25.8 Å². The molecule has 0 saturated carbocycles. The van der Waals surface area contributed by atoms with Crippen LogP contribution < -0.4 is 4.90 Å². The molecule has 1 atom stereocenters. The van der Waals surface area contributed by atoms with Gasteiger partial charge in [-0.05, 0) is 24.0 Å². The summed E-state index contributed by atoms with van der Waals surface area (Å²) in [6, 6.07) is 7.94. The summed E-state index contributed by atoms with van der Waals surface area (Å²) in [6.45, 7) is 4.32. The highest BCUT2D eigenvalue weighted by Gasteiger charge is 2.26. The van der Waals surface area contributed by atoms with Crippen LogP contribution in [0, 0.1) is 5.92 Å². The fourth-order valence-electron chi connectivity index (χ4n) is 2.09. The topological polar surface area (TPSA) is 40.5 Å². The fourth-order valence-corrected chi connectivity index (χ4v) is 2.09. The number of nitrogens with zero attached hydrogens (tertiary/aromatic N) is 1. The molecule has 0 aliphatic carbocycles. The molecule has 0 radical (unpaired) electrons. The molecule has 1 aliphatic rings. The molecule has 1 heterocycles. The van der Waals surface area contributed by atoms with E-state index < -0.39 is 6.10 Å². The van der Waals surface area contributed by atoms with Crippen molar-refractivity contribution in [3.63, 3.8) is 0 Å². The van der Waals surface area contributed by atoms with Crippen molar-refractivity contribution in [2.24, 2.45) is 5.92 Å².